The van der Waals surface area contributed by atoms with Gasteiger partial charge in [-0.25, -0.2) is 4.79 Å². The van der Waals surface area contributed by atoms with Crippen LogP contribution in [-0.2, 0) is 15.8 Å². The minimum absolute atomic E-state index is 0.102. The number of hydrogen-bond donors (Lipinski definition) is 3. The monoisotopic (exact) mass is 501 g/mol. The largest absolute Gasteiger partial charge is 0.416 e. The number of aromatic nitrogens is 1. The number of amides is 2. The summed E-state index contributed by atoms with van der Waals surface area (Å²) in [5.41, 5.74) is 0.695. The van der Waals surface area contributed by atoms with Crippen molar-refractivity contribution < 1.29 is 32.4 Å². The highest BCUT2D eigenvalue weighted by molar-refractivity contribution is 6.01. The Morgan fingerprint density at radius 3 is 2.33 bits per heavy atom. The smallest absolute Gasteiger partial charge is 0.369 e. The second-order valence-electron chi connectivity index (χ2n) is 8.88. The highest BCUT2D eigenvalue weighted by Gasteiger charge is 2.42. The summed E-state index contributed by atoms with van der Waals surface area (Å²) in [7, 11) is 0. The van der Waals surface area contributed by atoms with Gasteiger partial charge in [-0.05, 0) is 49.4 Å². The molecule has 36 heavy (non-hydrogen) atoms. The van der Waals surface area contributed by atoms with Gasteiger partial charge in [0.05, 0.1) is 16.6 Å². The van der Waals surface area contributed by atoms with Crippen LogP contribution in [0.25, 0.3) is 10.8 Å². The van der Waals surface area contributed by atoms with Crippen LogP contribution in [0.15, 0.2) is 51.8 Å². The lowest BCUT2D eigenvalue weighted by molar-refractivity contribution is -0.138. The van der Waals surface area contributed by atoms with Crippen LogP contribution < -0.4 is 16.7 Å². The van der Waals surface area contributed by atoms with Gasteiger partial charge in [-0.1, -0.05) is 30.8 Å². The molecule has 1 atom stereocenters. The third-order valence-corrected chi connectivity index (χ3v) is 5.52. The number of halogens is 3. The number of carbonyl (C=O) groups is 2. The van der Waals surface area contributed by atoms with E-state index in [0.29, 0.717) is 11.1 Å². The molecule has 3 rings (SSSR count). The molecule has 188 valence electrons. The average molecular weight is 501 g/mol. The zero-order valence-electron chi connectivity index (χ0n) is 19.5. The number of primary amides is 1. The van der Waals surface area contributed by atoms with Gasteiger partial charge in [0.15, 0.2) is 0 Å². The van der Waals surface area contributed by atoms with Gasteiger partial charge in [0, 0.05) is 28.5 Å². The van der Waals surface area contributed by atoms with Gasteiger partial charge in [-0.2, -0.15) is 13.2 Å². The molecule has 0 radical (unpaired) electrons. The van der Waals surface area contributed by atoms with E-state index in [1.807, 2.05) is 0 Å². The fourth-order valence-corrected chi connectivity index (χ4v) is 3.37. The predicted octanol–water partition coefficient (Wildman–Crippen LogP) is 3.14. The van der Waals surface area contributed by atoms with E-state index >= 15 is 0 Å². The summed E-state index contributed by atoms with van der Waals surface area (Å²) >= 11 is 0. The number of anilines is 1. The lowest BCUT2D eigenvalue weighted by Crippen LogP contribution is -2.48. The average Bonchev–Trinajstić information content (AvgIpc) is 2.79. The molecule has 2 aromatic carbocycles. The van der Waals surface area contributed by atoms with E-state index in [-0.39, 0.29) is 16.6 Å². The summed E-state index contributed by atoms with van der Waals surface area (Å²) in [5.74, 6) is 3.07. The lowest BCUT2D eigenvalue weighted by Gasteiger charge is -2.29. The van der Waals surface area contributed by atoms with Crippen LogP contribution in [0.1, 0.15) is 37.1 Å². The van der Waals surface area contributed by atoms with Crippen molar-refractivity contribution in [3.05, 3.63) is 69.7 Å². The number of rotatable bonds is 5. The quantitative estimate of drug-likeness (QED) is 0.460. The molecule has 0 saturated heterocycles. The fourth-order valence-electron chi connectivity index (χ4n) is 3.37. The number of aryl methyl sites for hydroxylation is 1. The van der Waals surface area contributed by atoms with E-state index in [9.17, 15) is 32.7 Å². The summed E-state index contributed by atoms with van der Waals surface area (Å²) in [6.45, 7) is 4.42. The van der Waals surface area contributed by atoms with Crippen LogP contribution in [0.4, 0.5) is 18.9 Å². The molecule has 0 aliphatic carbocycles. The predicted molar refractivity (Wildman–Crippen MR) is 125 cm³/mol. The summed E-state index contributed by atoms with van der Waals surface area (Å²) < 4.78 is 43.1. The van der Waals surface area contributed by atoms with E-state index in [1.54, 1.807) is 6.92 Å². The first-order chi connectivity index (χ1) is 16.6. The molecular formula is C25H22F3N3O5. The second-order valence-corrected chi connectivity index (χ2v) is 8.88. The van der Waals surface area contributed by atoms with Crippen LogP contribution in [0.2, 0.25) is 0 Å². The summed E-state index contributed by atoms with van der Waals surface area (Å²) in [6.07, 6.45) is -5.04. The minimum atomic E-state index is -4.53. The van der Waals surface area contributed by atoms with E-state index in [1.165, 1.54) is 32.0 Å². The van der Waals surface area contributed by atoms with Crippen LogP contribution in [0.3, 0.4) is 0 Å². The maximum atomic E-state index is 13.2. The van der Waals surface area contributed by atoms with E-state index in [4.69, 9.17) is 5.73 Å². The number of nitrogens with one attached hydrogen (secondary N) is 1. The third kappa shape index (κ3) is 5.72. The Kier molecular flexibility index (Phi) is 6.95. The van der Waals surface area contributed by atoms with Crippen LogP contribution in [0, 0.1) is 24.2 Å². The highest BCUT2D eigenvalue weighted by Crippen LogP contribution is 2.31. The van der Waals surface area contributed by atoms with Crippen molar-refractivity contribution in [2.75, 3.05) is 5.32 Å². The first-order valence-electron chi connectivity index (χ1n) is 10.6. The van der Waals surface area contributed by atoms with Gasteiger partial charge in [-0.3, -0.25) is 9.59 Å². The Morgan fingerprint density at radius 2 is 1.75 bits per heavy atom. The Balaban J connectivity index is 1.98. The van der Waals surface area contributed by atoms with Crippen molar-refractivity contribution in [2.24, 2.45) is 11.1 Å². The summed E-state index contributed by atoms with van der Waals surface area (Å²) in [6, 6.07) is 8.09. The number of hydrogen-bond acceptors (Lipinski definition) is 6. The topological polar surface area (TPSA) is 136 Å². The number of benzene rings is 2. The molecule has 0 saturated carbocycles. The Hall–Kier alpha value is -4.17. The van der Waals surface area contributed by atoms with Crippen molar-refractivity contribution in [2.45, 2.75) is 39.0 Å². The Labute approximate surface area is 203 Å². The van der Waals surface area contributed by atoms with Crippen LogP contribution in [-0.4, -0.2) is 27.7 Å². The van der Waals surface area contributed by atoms with Crippen LogP contribution in [0.5, 0.6) is 0 Å². The Bertz CT molecular complexity index is 1450. The van der Waals surface area contributed by atoms with Crippen molar-refractivity contribution >= 4 is 28.3 Å². The molecule has 11 heteroatoms. The van der Waals surface area contributed by atoms with Gasteiger partial charge in [0.2, 0.25) is 11.5 Å². The van der Waals surface area contributed by atoms with Gasteiger partial charge in [0.25, 0.3) is 5.91 Å². The van der Waals surface area contributed by atoms with Gasteiger partial charge in [0.1, 0.15) is 0 Å². The van der Waals surface area contributed by atoms with E-state index in [2.05, 4.69) is 26.8 Å². The maximum Gasteiger partial charge on any atom is 0.416 e. The number of nitrogens with zero attached hydrogens (tertiary/aromatic N) is 1. The molecule has 8 nitrogen and oxygen atoms in total. The molecule has 0 spiro atoms. The number of carbonyl (C=O) groups excluding carboxylic acids is 2. The SMILES string of the molecule is Cc1noc(=O)c2ccc(NC(=O)C(O)(C#Cc3ccc(C(F)(F)F)cc3)CC(C)(C)C(N)=O)cc12. The van der Waals surface area contributed by atoms with E-state index in [0.717, 1.165) is 24.3 Å². The number of alkyl halides is 3. The van der Waals surface area contributed by atoms with Gasteiger partial charge in [-0.15, -0.1) is 0 Å². The zero-order chi connectivity index (χ0) is 26.9. The molecule has 0 aliphatic heterocycles. The van der Waals surface area contributed by atoms with Crippen molar-refractivity contribution in [1.82, 2.24) is 5.16 Å². The molecule has 0 bridgehead atoms. The van der Waals surface area contributed by atoms with Crippen molar-refractivity contribution in [1.29, 1.82) is 0 Å². The van der Waals surface area contributed by atoms with Crippen molar-refractivity contribution in [3.63, 3.8) is 0 Å². The lowest BCUT2D eigenvalue weighted by atomic mass is 9.79. The standard InChI is InChI=1S/C25H22F3N3O5/c1-14-19-12-17(8-9-18(19)20(32)36-31-14)30-22(34)24(35,13-23(2,3)21(29)33)11-10-15-4-6-16(7-5-15)25(26,27)28/h4-9,12,35H,13H2,1-3H3,(H2,29,33)(H,30,34). The number of nitrogens with two attached hydrogens (primary N) is 1. The number of aliphatic hydroxyl groups is 1. The molecule has 0 fully saturated rings. The molecule has 4 N–H and O–H groups in total. The molecule has 3 aromatic rings. The molecule has 1 unspecified atom stereocenters. The molecular weight excluding hydrogens is 479 g/mol. The first-order valence-corrected chi connectivity index (χ1v) is 10.6. The molecule has 1 heterocycles. The van der Waals surface area contributed by atoms with Gasteiger partial charge < -0.3 is 20.7 Å². The minimum Gasteiger partial charge on any atom is -0.369 e. The normalized spacial score (nSPS) is 13.4. The summed E-state index contributed by atoms with van der Waals surface area (Å²) in [5, 5.41) is 18.0. The molecule has 0 aliphatic rings. The third-order valence-electron chi connectivity index (χ3n) is 5.52. The first kappa shape index (κ1) is 26.4. The number of fused-ring (bicyclic) bond motifs is 1. The zero-order valence-corrected chi connectivity index (χ0v) is 19.5. The highest BCUT2D eigenvalue weighted by atomic mass is 19.4. The van der Waals surface area contributed by atoms with Gasteiger partial charge >= 0.3 is 11.8 Å². The fraction of sp³-hybridized carbons (Fsp3) is 0.280. The van der Waals surface area contributed by atoms with E-state index < -0.39 is 46.6 Å². The Morgan fingerprint density at radius 1 is 1.11 bits per heavy atom. The molecule has 1 aromatic heterocycles. The summed E-state index contributed by atoms with van der Waals surface area (Å²) in [4.78, 5) is 36.9. The van der Waals surface area contributed by atoms with Crippen LogP contribution >= 0.6 is 0 Å². The maximum absolute atomic E-state index is 13.2. The second kappa shape index (κ2) is 9.47. The van der Waals surface area contributed by atoms with Crippen molar-refractivity contribution in [3.8, 4) is 11.8 Å². The molecule has 2 amide bonds.